The second kappa shape index (κ2) is 3.88. The molecule has 0 aromatic heterocycles. The summed E-state index contributed by atoms with van der Waals surface area (Å²) in [5.74, 6) is -0.160. The highest BCUT2D eigenvalue weighted by Crippen LogP contribution is 1.95. The molecule has 40 valence electrons. The first-order valence-corrected chi connectivity index (χ1v) is 2.38. The van der Waals surface area contributed by atoms with Crippen LogP contribution in [0.3, 0.4) is 0 Å². The first-order chi connectivity index (χ1) is 3.31. The number of halogens is 2. The summed E-state index contributed by atoms with van der Waals surface area (Å²) in [5.41, 5.74) is 0. The molecule has 2 heteroatoms. The summed E-state index contributed by atoms with van der Waals surface area (Å²) in [6, 6.07) is 0. The molecule has 0 bridgehead atoms. The lowest BCUT2D eigenvalue weighted by molar-refractivity contribution is 0.666. The molecule has 7 heavy (non-hydrogen) atoms. The Balaban J connectivity index is 3.49. The average Bonchev–Trinajstić information content (AvgIpc) is 1.68. The van der Waals surface area contributed by atoms with Crippen molar-refractivity contribution < 1.29 is 4.39 Å². The summed E-state index contributed by atoms with van der Waals surface area (Å²) < 4.78 is 11.8. The summed E-state index contributed by atoms with van der Waals surface area (Å²) in [7, 11) is 0. The predicted molar refractivity (Wildman–Crippen MR) is 30.1 cm³/mol. The lowest BCUT2D eigenvalue weighted by Crippen LogP contribution is -1.63. The van der Waals surface area contributed by atoms with Crippen LogP contribution in [0.25, 0.3) is 0 Å². The van der Waals surface area contributed by atoms with Gasteiger partial charge in [-0.1, -0.05) is 6.58 Å². The Bertz CT molecular complexity index is 86.1. The predicted octanol–water partition coefficient (Wildman–Crippen LogP) is 2.26. The maximum absolute atomic E-state index is 11.8. The van der Waals surface area contributed by atoms with Crippen LogP contribution in [0.1, 0.15) is 0 Å². The lowest BCUT2D eigenvalue weighted by Gasteiger charge is -1.77. The highest BCUT2D eigenvalue weighted by molar-refractivity contribution is 6.18. The van der Waals surface area contributed by atoms with E-state index in [1.807, 2.05) is 0 Å². The molecule has 0 aliphatic heterocycles. The molecule has 0 spiro atoms. The zero-order chi connectivity index (χ0) is 5.70. The monoisotopic (exact) mass is 120 g/mol. The van der Waals surface area contributed by atoms with Gasteiger partial charge in [0.15, 0.2) is 0 Å². The van der Waals surface area contributed by atoms with Crippen LogP contribution in [0.4, 0.5) is 4.39 Å². The third-order valence-electron chi connectivity index (χ3n) is 0.467. The minimum atomic E-state index is -0.366. The summed E-state index contributed by atoms with van der Waals surface area (Å²) in [6.45, 7) is 3.18. The van der Waals surface area contributed by atoms with E-state index >= 15 is 0 Å². The van der Waals surface area contributed by atoms with Crippen molar-refractivity contribution in [2.24, 2.45) is 0 Å². The number of alkyl halides is 1. The Morgan fingerprint density at radius 2 is 2.43 bits per heavy atom. The highest BCUT2D eigenvalue weighted by atomic mass is 35.5. The van der Waals surface area contributed by atoms with Crippen molar-refractivity contribution in [1.29, 1.82) is 0 Å². The Morgan fingerprint density at radius 3 is 2.57 bits per heavy atom. The topological polar surface area (TPSA) is 0 Å². The summed E-state index contributed by atoms with van der Waals surface area (Å²) in [5, 5.41) is 0. The fraction of sp³-hybridized carbons (Fsp3) is 0.200. The minimum absolute atomic E-state index is 0.206. The fourth-order valence-electron chi connectivity index (χ4n) is 0.157. The molecule has 0 atom stereocenters. The molecule has 0 unspecified atom stereocenters. The van der Waals surface area contributed by atoms with Crippen molar-refractivity contribution in [3.63, 3.8) is 0 Å². The van der Waals surface area contributed by atoms with E-state index < -0.39 is 0 Å². The van der Waals surface area contributed by atoms with E-state index in [-0.39, 0.29) is 11.7 Å². The maximum atomic E-state index is 11.8. The van der Waals surface area contributed by atoms with Crippen LogP contribution in [0.2, 0.25) is 0 Å². The average molecular weight is 121 g/mol. The Hall–Kier alpha value is -0.300. The molecule has 0 aliphatic carbocycles. The van der Waals surface area contributed by atoms with Gasteiger partial charge in [-0.15, -0.1) is 11.6 Å². The molecule has 0 radical (unpaired) electrons. The van der Waals surface area contributed by atoms with Gasteiger partial charge < -0.3 is 0 Å². The van der Waals surface area contributed by atoms with Gasteiger partial charge in [-0.2, -0.15) is 0 Å². The SMILES string of the molecule is C=C/C(F)=C\CCl. The van der Waals surface area contributed by atoms with Crippen LogP contribution >= 0.6 is 11.6 Å². The third kappa shape index (κ3) is 3.53. The van der Waals surface area contributed by atoms with Crippen molar-refractivity contribution in [3.05, 3.63) is 24.6 Å². The van der Waals surface area contributed by atoms with Gasteiger partial charge in [0, 0.05) is 5.88 Å². The Labute approximate surface area is 47.3 Å². The van der Waals surface area contributed by atoms with Gasteiger partial charge in [0.25, 0.3) is 0 Å². The van der Waals surface area contributed by atoms with E-state index in [9.17, 15) is 4.39 Å². The van der Waals surface area contributed by atoms with Gasteiger partial charge in [-0.05, 0) is 12.2 Å². The molecule has 0 fully saturated rings. The minimum Gasteiger partial charge on any atom is -0.207 e. The smallest absolute Gasteiger partial charge is 0.119 e. The van der Waals surface area contributed by atoms with E-state index in [0.29, 0.717) is 0 Å². The quantitative estimate of drug-likeness (QED) is 0.387. The van der Waals surface area contributed by atoms with E-state index in [1.165, 1.54) is 6.08 Å². The second-order valence-electron chi connectivity index (χ2n) is 0.947. The summed E-state index contributed by atoms with van der Waals surface area (Å²) in [6.07, 6.45) is 2.36. The molecular weight excluding hydrogens is 115 g/mol. The molecule has 0 saturated heterocycles. The van der Waals surface area contributed by atoms with E-state index in [0.717, 1.165) is 6.08 Å². The Morgan fingerprint density at radius 1 is 1.86 bits per heavy atom. The molecule has 0 heterocycles. The zero-order valence-corrected chi connectivity index (χ0v) is 4.58. The van der Waals surface area contributed by atoms with Crippen molar-refractivity contribution >= 4 is 11.6 Å². The van der Waals surface area contributed by atoms with Gasteiger partial charge in [0.1, 0.15) is 5.83 Å². The van der Waals surface area contributed by atoms with Crippen molar-refractivity contribution in [1.82, 2.24) is 0 Å². The maximum Gasteiger partial charge on any atom is 0.119 e. The molecule has 0 amide bonds. The molecule has 0 rings (SSSR count). The normalized spacial score (nSPS) is 11.4. The largest absolute Gasteiger partial charge is 0.207 e. The van der Waals surface area contributed by atoms with Crippen LogP contribution in [-0.4, -0.2) is 5.88 Å². The third-order valence-corrected chi connectivity index (χ3v) is 0.621. The van der Waals surface area contributed by atoms with Crippen LogP contribution in [0, 0.1) is 0 Å². The molecular formula is C5H6ClF. The summed E-state index contributed by atoms with van der Waals surface area (Å²) in [4.78, 5) is 0. The van der Waals surface area contributed by atoms with Crippen molar-refractivity contribution in [2.75, 3.05) is 5.88 Å². The van der Waals surface area contributed by atoms with Crippen LogP contribution in [0.15, 0.2) is 24.6 Å². The number of allylic oxidation sites excluding steroid dienone is 3. The standard InChI is InChI=1S/C5H6ClF/c1-2-5(7)3-4-6/h2-3H,1,4H2/b5-3+. The second-order valence-corrected chi connectivity index (χ2v) is 1.26. The van der Waals surface area contributed by atoms with Gasteiger partial charge in [0.2, 0.25) is 0 Å². The van der Waals surface area contributed by atoms with E-state index in [1.54, 1.807) is 0 Å². The number of rotatable bonds is 2. The molecule has 0 nitrogen and oxygen atoms in total. The van der Waals surface area contributed by atoms with Crippen LogP contribution in [0.5, 0.6) is 0 Å². The fourth-order valence-corrected chi connectivity index (χ4v) is 0.304. The first kappa shape index (κ1) is 6.70. The molecule has 0 N–H and O–H groups in total. The summed E-state index contributed by atoms with van der Waals surface area (Å²) >= 11 is 5.11. The number of hydrogen-bond acceptors (Lipinski definition) is 0. The van der Waals surface area contributed by atoms with Crippen LogP contribution in [-0.2, 0) is 0 Å². The van der Waals surface area contributed by atoms with Crippen molar-refractivity contribution in [3.8, 4) is 0 Å². The van der Waals surface area contributed by atoms with E-state index in [2.05, 4.69) is 6.58 Å². The highest BCUT2D eigenvalue weighted by Gasteiger charge is 1.78. The molecule has 0 aliphatic rings. The Kier molecular flexibility index (Phi) is 3.71. The lowest BCUT2D eigenvalue weighted by atomic mass is 10.5. The van der Waals surface area contributed by atoms with Crippen LogP contribution < -0.4 is 0 Å². The van der Waals surface area contributed by atoms with Gasteiger partial charge >= 0.3 is 0 Å². The molecule has 0 aromatic carbocycles. The zero-order valence-electron chi connectivity index (χ0n) is 3.82. The van der Waals surface area contributed by atoms with Gasteiger partial charge in [-0.3, -0.25) is 0 Å². The van der Waals surface area contributed by atoms with E-state index in [4.69, 9.17) is 11.6 Å². The first-order valence-electron chi connectivity index (χ1n) is 1.85. The number of hydrogen-bond donors (Lipinski definition) is 0. The van der Waals surface area contributed by atoms with Crippen molar-refractivity contribution in [2.45, 2.75) is 0 Å². The molecule has 0 saturated carbocycles. The van der Waals surface area contributed by atoms with Gasteiger partial charge in [-0.25, -0.2) is 4.39 Å². The van der Waals surface area contributed by atoms with Gasteiger partial charge in [0.05, 0.1) is 0 Å². The molecule has 0 aromatic rings.